The van der Waals surface area contributed by atoms with Crippen molar-refractivity contribution in [3.05, 3.63) is 64.6 Å². The zero-order valence-electron chi connectivity index (χ0n) is 12.8. The summed E-state index contributed by atoms with van der Waals surface area (Å²) >= 11 is 0. The molecule has 0 bridgehead atoms. The molecule has 1 saturated heterocycles. The van der Waals surface area contributed by atoms with Gasteiger partial charge in [-0.2, -0.15) is 0 Å². The number of aromatic nitrogens is 1. The van der Waals surface area contributed by atoms with Crippen LogP contribution in [0.1, 0.15) is 5.56 Å². The summed E-state index contributed by atoms with van der Waals surface area (Å²) < 4.78 is 5.35. The minimum atomic E-state index is -0.306. The molecular formula is C17H19N3O3. The first-order chi connectivity index (χ1) is 11.2. The monoisotopic (exact) mass is 313 g/mol. The van der Waals surface area contributed by atoms with E-state index in [2.05, 4.69) is 9.88 Å². The van der Waals surface area contributed by atoms with Crippen LogP contribution in [-0.4, -0.2) is 47.1 Å². The van der Waals surface area contributed by atoms with Gasteiger partial charge in [-0.3, -0.25) is 9.69 Å². The van der Waals surface area contributed by atoms with E-state index in [9.17, 15) is 9.59 Å². The Labute approximate surface area is 134 Å². The first-order valence-electron chi connectivity index (χ1n) is 7.62. The Morgan fingerprint density at radius 1 is 1.04 bits per heavy atom. The number of nitrogens with zero attached hydrogens (tertiary/aromatic N) is 2. The smallest absolute Gasteiger partial charge is 0.410 e. The molecule has 0 unspecified atom stereocenters. The first-order valence-corrected chi connectivity index (χ1v) is 7.62. The lowest BCUT2D eigenvalue weighted by Crippen LogP contribution is -2.49. The molecule has 2 heterocycles. The Morgan fingerprint density at radius 2 is 1.78 bits per heavy atom. The minimum absolute atomic E-state index is 0.0952. The summed E-state index contributed by atoms with van der Waals surface area (Å²) in [4.78, 5) is 29.8. The lowest BCUT2D eigenvalue weighted by atomic mass is 10.2. The predicted octanol–water partition coefficient (Wildman–Crippen LogP) is 1.69. The van der Waals surface area contributed by atoms with Crippen molar-refractivity contribution in [2.75, 3.05) is 26.2 Å². The Kier molecular flexibility index (Phi) is 4.73. The molecule has 3 rings (SSSR count). The van der Waals surface area contributed by atoms with Gasteiger partial charge in [-0.05, 0) is 17.7 Å². The Morgan fingerprint density at radius 3 is 2.43 bits per heavy atom. The van der Waals surface area contributed by atoms with Crippen LogP contribution in [0.5, 0.6) is 5.75 Å². The largest absolute Gasteiger partial charge is 0.415 e. The second kappa shape index (κ2) is 7.11. The number of benzene rings is 1. The number of amides is 1. The van der Waals surface area contributed by atoms with E-state index in [1.165, 1.54) is 6.07 Å². The highest BCUT2D eigenvalue weighted by molar-refractivity contribution is 5.70. The van der Waals surface area contributed by atoms with E-state index in [1.807, 2.05) is 24.3 Å². The fourth-order valence-electron chi connectivity index (χ4n) is 2.54. The molecular weight excluding hydrogens is 294 g/mol. The molecule has 0 radical (unpaired) electrons. The Hall–Kier alpha value is -2.60. The number of piperazine rings is 1. The third-order valence-electron chi connectivity index (χ3n) is 3.83. The molecule has 0 spiro atoms. The van der Waals surface area contributed by atoms with E-state index in [0.29, 0.717) is 18.8 Å². The van der Waals surface area contributed by atoms with Crippen LogP contribution in [-0.2, 0) is 6.54 Å². The molecule has 0 atom stereocenters. The fraction of sp³-hybridized carbons (Fsp3) is 0.294. The van der Waals surface area contributed by atoms with Crippen molar-refractivity contribution < 1.29 is 9.53 Å². The third kappa shape index (κ3) is 4.20. The number of aromatic amines is 1. The third-order valence-corrected chi connectivity index (χ3v) is 3.83. The summed E-state index contributed by atoms with van der Waals surface area (Å²) in [5, 5.41) is 0. The lowest BCUT2D eigenvalue weighted by molar-refractivity contribution is 0.108. The number of hydrogen-bond donors (Lipinski definition) is 1. The SMILES string of the molecule is O=C(Oc1ccccc1)N1CCN(Cc2ccc(=O)[nH]c2)CC1. The predicted molar refractivity (Wildman–Crippen MR) is 86.4 cm³/mol. The summed E-state index contributed by atoms with van der Waals surface area (Å²) in [6, 6.07) is 12.5. The van der Waals surface area contributed by atoms with E-state index in [4.69, 9.17) is 4.74 Å². The maximum Gasteiger partial charge on any atom is 0.415 e. The molecule has 23 heavy (non-hydrogen) atoms. The molecule has 1 aromatic heterocycles. The van der Waals surface area contributed by atoms with Gasteiger partial charge in [0.25, 0.3) is 0 Å². The topological polar surface area (TPSA) is 65.6 Å². The molecule has 0 aliphatic carbocycles. The van der Waals surface area contributed by atoms with Crippen molar-refractivity contribution >= 4 is 6.09 Å². The number of H-pyrrole nitrogens is 1. The molecule has 6 nitrogen and oxygen atoms in total. The van der Waals surface area contributed by atoms with Gasteiger partial charge in [0.15, 0.2) is 0 Å². The molecule has 120 valence electrons. The number of nitrogens with one attached hydrogen (secondary N) is 1. The van der Waals surface area contributed by atoms with Gasteiger partial charge >= 0.3 is 6.09 Å². The summed E-state index contributed by atoms with van der Waals surface area (Å²) in [6.45, 7) is 3.59. The molecule has 1 amide bonds. The van der Waals surface area contributed by atoms with Crippen LogP contribution >= 0.6 is 0 Å². The van der Waals surface area contributed by atoms with Gasteiger partial charge in [0.2, 0.25) is 5.56 Å². The number of rotatable bonds is 3. The molecule has 1 aromatic carbocycles. The van der Waals surface area contributed by atoms with Gasteiger partial charge in [-0.25, -0.2) is 4.79 Å². The highest BCUT2D eigenvalue weighted by atomic mass is 16.6. The maximum atomic E-state index is 12.1. The van der Waals surface area contributed by atoms with Gasteiger partial charge in [-0.15, -0.1) is 0 Å². The van der Waals surface area contributed by atoms with Gasteiger partial charge in [0.1, 0.15) is 5.75 Å². The average molecular weight is 313 g/mol. The van der Waals surface area contributed by atoms with E-state index in [0.717, 1.165) is 25.2 Å². The van der Waals surface area contributed by atoms with Crippen LogP contribution in [0.4, 0.5) is 4.79 Å². The normalized spacial score (nSPS) is 15.4. The number of pyridine rings is 1. The van der Waals surface area contributed by atoms with Crippen LogP contribution < -0.4 is 10.3 Å². The number of hydrogen-bond acceptors (Lipinski definition) is 4. The van der Waals surface area contributed by atoms with E-state index < -0.39 is 0 Å². The van der Waals surface area contributed by atoms with Gasteiger partial charge in [0.05, 0.1) is 0 Å². The number of carbonyl (C=O) groups is 1. The second-order valence-electron chi connectivity index (χ2n) is 5.51. The fourth-order valence-corrected chi connectivity index (χ4v) is 2.54. The van der Waals surface area contributed by atoms with Crippen LogP contribution in [0.2, 0.25) is 0 Å². The zero-order chi connectivity index (χ0) is 16.1. The quantitative estimate of drug-likeness (QED) is 0.936. The molecule has 1 fully saturated rings. The maximum absolute atomic E-state index is 12.1. The molecule has 1 aliphatic heterocycles. The van der Waals surface area contributed by atoms with Gasteiger partial charge in [0, 0.05) is 45.0 Å². The summed E-state index contributed by atoms with van der Waals surface area (Å²) in [7, 11) is 0. The van der Waals surface area contributed by atoms with E-state index >= 15 is 0 Å². The second-order valence-corrected chi connectivity index (χ2v) is 5.51. The summed E-state index contributed by atoms with van der Waals surface area (Å²) in [5.41, 5.74) is 0.965. The van der Waals surface area contributed by atoms with Crippen molar-refractivity contribution in [2.24, 2.45) is 0 Å². The number of ether oxygens (including phenoxy) is 1. The van der Waals surface area contributed by atoms with E-state index in [-0.39, 0.29) is 11.7 Å². The molecule has 2 aromatic rings. The Balaban J connectivity index is 1.49. The Bertz CT molecular complexity index is 686. The standard InChI is InChI=1S/C17H19N3O3/c21-16-7-6-14(12-18-16)13-19-8-10-20(11-9-19)17(22)23-15-4-2-1-3-5-15/h1-7,12H,8-11,13H2,(H,18,21). The lowest BCUT2D eigenvalue weighted by Gasteiger charge is -2.33. The highest BCUT2D eigenvalue weighted by Gasteiger charge is 2.22. The molecule has 1 N–H and O–H groups in total. The minimum Gasteiger partial charge on any atom is -0.410 e. The zero-order valence-corrected chi connectivity index (χ0v) is 12.8. The van der Waals surface area contributed by atoms with Crippen molar-refractivity contribution in [3.63, 3.8) is 0 Å². The first kappa shape index (κ1) is 15.3. The summed E-state index contributed by atoms with van der Waals surface area (Å²) in [5.74, 6) is 0.563. The van der Waals surface area contributed by atoms with Crippen LogP contribution in [0, 0.1) is 0 Å². The average Bonchev–Trinajstić information content (AvgIpc) is 2.58. The van der Waals surface area contributed by atoms with Gasteiger partial charge in [-0.1, -0.05) is 24.3 Å². The highest BCUT2D eigenvalue weighted by Crippen LogP contribution is 2.12. The van der Waals surface area contributed by atoms with E-state index in [1.54, 1.807) is 23.2 Å². The van der Waals surface area contributed by atoms with Crippen molar-refractivity contribution in [1.82, 2.24) is 14.8 Å². The van der Waals surface area contributed by atoms with Crippen LogP contribution in [0.15, 0.2) is 53.5 Å². The number of para-hydroxylation sites is 1. The van der Waals surface area contributed by atoms with Crippen molar-refractivity contribution in [1.29, 1.82) is 0 Å². The molecule has 6 heteroatoms. The molecule has 0 saturated carbocycles. The van der Waals surface area contributed by atoms with Crippen molar-refractivity contribution in [2.45, 2.75) is 6.54 Å². The molecule has 1 aliphatic rings. The summed E-state index contributed by atoms with van der Waals surface area (Å²) in [6.07, 6.45) is 1.43. The van der Waals surface area contributed by atoms with Crippen molar-refractivity contribution in [3.8, 4) is 5.75 Å². The number of carbonyl (C=O) groups excluding carboxylic acids is 1. The van der Waals surface area contributed by atoms with Crippen LogP contribution in [0.3, 0.4) is 0 Å². The van der Waals surface area contributed by atoms with Crippen LogP contribution in [0.25, 0.3) is 0 Å². The van der Waals surface area contributed by atoms with Gasteiger partial charge < -0.3 is 14.6 Å².